The van der Waals surface area contributed by atoms with Crippen molar-refractivity contribution in [3.05, 3.63) is 59.1 Å². The van der Waals surface area contributed by atoms with Crippen LogP contribution < -0.4 is 4.90 Å². The molecule has 1 fully saturated rings. The Morgan fingerprint density at radius 3 is 2.67 bits per heavy atom. The largest absolute Gasteiger partial charge is 0.378 e. The van der Waals surface area contributed by atoms with Crippen LogP contribution in [0.1, 0.15) is 22.6 Å². The van der Waals surface area contributed by atoms with E-state index < -0.39 is 0 Å². The van der Waals surface area contributed by atoms with Crippen molar-refractivity contribution in [2.45, 2.75) is 19.9 Å². The van der Waals surface area contributed by atoms with E-state index in [1.54, 1.807) is 6.08 Å². The lowest BCUT2D eigenvalue weighted by Gasteiger charge is -2.34. The third-order valence-electron chi connectivity index (χ3n) is 4.99. The molecule has 0 spiro atoms. The molecule has 1 saturated heterocycles. The van der Waals surface area contributed by atoms with Gasteiger partial charge in [0.25, 0.3) is 0 Å². The van der Waals surface area contributed by atoms with Gasteiger partial charge in [0.2, 0.25) is 5.91 Å². The molecule has 6 heteroatoms. The average molecular weight is 364 g/mol. The Kier molecular flexibility index (Phi) is 5.16. The van der Waals surface area contributed by atoms with Crippen LogP contribution in [0.5, 0.6) is 0 Å². The molecular formula is C21H24N4O2. The van der Waals surface area contributed by atoms with Crippen molar-refractivity contribution in [3.8, 4) is 0 Å². The van der Waals surface area contributed by atoms with Gasteiger partial charge in [-0.05, 0) is 18.6 Å². The van der Waals surface area contributed by atoms with Gasteiger partial charge in [0.1, 0.15) is 11.6 Å². The topological polar surface area (TPSA) is 58.6 Å². The number of carbonyl (C=O) groups is 1. The summed E-state index contributed by atoms with van der Waals surface area (Å²) in [6.07, 6.45) is 4.29. The number of fused-ring (bicyclic) bond motifs is 1. The molecule has 1 amide bonds. The Morgan fingerprint density at radius 1 is 1.11 bits per heavy atom. The molecule has 1 aromatic heterocycles. The second kappa shape index (κ2) is 7.88. The van der Waals surface area contributed by atoms with Crippen LogP contribution in [0.2, 0.25) is 0 Å². The first-order valence-corrected chi connectivity index (χ1v) is 9.42. The molecule has 2 aromatic rings. The summed E-state index contributed by atoms with van der Waals surface area (Å²) in [6.45, 7) is 6.24. The molecule has 0 unspecified atom stereocenters. The Hall–Kier alpha value is -2.73. The highest BCUT2D eigenvalue weighted by atomic mass is 16.5. The number of amides is 1. The smallest absolute Gasteiger partial charge is 0.246 e. The van der Waals surface area contributed by atoms with E-state index in [0.717, 1.165) is 48.0 Å². The number of hydrogen-bond acceptors (Lipinski definition) is 5. The Labute approximate surface area is 159 Å². The summed E-state index contributed by atoms with van der Waals surface area (Å²) < 4.78 is 5.47. The number of ether oxygens (including phenoxy) is 1. The highest BCUT2D eigenvalue weighted by Gasteiger charge is 2.27. The van der Waals surface area contributed by atoms with E-state index in [4.69, 9.17) is 9.72 Å². The molecule has 3 heterocycles. The zero-order chi connectivity index (χ0) is 18.6. The quantitative estimate of drug-likeness (QED) is 0.782. The predicted molar refractivity (Wildman–Crippen MR) is 104 cm³/mol. The van der Waals surface area contributed by atoms with E-state index in [1.807, 2.05) is 48.2 Å². The number of rotatable bonds is 3. The molecule has 4 rings (SSSR count). The first-order valence-electron chi connectivity index (χ1n) is 9.42. The summed E-state index contributed by atoms with van der Waals surface area (Å²) in [7, 11) is 0. The standard InChI is InChI=1S/C21H24N4O2/c1-16-22-19-9-10-25(20(26)8-7-17-5-3-2-4-6-17)15-18(19)21(23-16)24-11-13-27-14-12-24/h2-8H,9-15H2,1H3/b8-7+. The van der Waals surface area contributed by atoms with E-state index in [-0.39, 0.29) is 5.91 Å². The Balaban J connectivity index is 1.55. The van der Waals surface area contributed by atoms with Crippen molar-refractivity contribution in [3.63, 3.8) is 0 Å². The maximum atomic E-state index is 12.7. The van der Waals surface area contributed by atoms with Gasteiger partial charge in [-0.3, -0.25) is 4.79 Å². The lowest BCUT2D eigenvalue weighted by Crippen LogP contribution is -2.41. The molecule has 0 N–H and O–H groups in total. The van der Waals surface area contributed by atoms with Crippen LogP contribution in [-0.2, 0) is 22.5 Å². The second-order valence-corrected chi connectivity index (χ2v) is 6.87. The summed E-state index contributed by atoms with van der Waals surface area (Å²) in [5.74, 6) is 1.78. The van der Waals surface area contributed by atoms with Crippen molar-refractivity contribution in [2.75, 3.05) is 37.7 Å². The summed E-state index contributed by atoms with van der Waals surface area (Å²) in [5.41, 5.74) is 3.17. The molecule has 140 valence electrons. The maximum Gasteiger partial charge on any atom is 0.246 e. The molecule has 0 bridgehead atoms. The van der Waals surface area contributed by atoms with Gasteiger partial charge in [-0.25, -0.2) is 9.97 Å². The van der Waals surface area contributed by atoms with E-state index in [0.29, 0.717) is 26.3 Å². The summed E-state index contributed by atoms with van der Waals surface area (Å²) in [5, 5.41) is 0. The number of hydrogen-bond donors (Lipinski definition) is 0. The van der Waals surface area contributed by atoms with E-state index >= 15 is 0 Å². The van der Waals surface area contributed by atoms with Gasteiger partial charge in [-0.15, -0.1) is 0 Å². The Bertz CT molecular complexity index is 845. The number of aromatic nitrogens is 2. The van der Waals surface area contributed by atoms with Gasteiger partial charge in [0.05, 0.1) is 25.5 Å². The van der Waals surface area contributed by atoms with Crippen LogP contribution >= 0.6 is 0 Å². The van der Waals surface area contributed by atoms with Crippen LogP contribution in [0, 0.1) is 6.92 Å². The minimum Gasteiger partial charge on any atom is -0.378 e. The number of aryl methyl sites for hydroxylation is 1. The van der Waals surface area contributed by atoms with Crippen molar-refractivity contribution in [2.24, 2.45) is 0 Å². The minimum atomic E-state index is 0.0259. The molecule has 2 aliphatic heterocycles. The van der Waals surface area contributed by atoms with Crippen LogP contribution in [-0.4, -0.2) is 53.6 Å². The fourth-order valence-electron chi connectivity index (χ4n) is 3.58. The normalized spacial score (nSPS) is 17.2. The third kappa shape index (κ3) is 4.01. The lowest BCUT2D eigenvalue weighted by atomic mass is 10.0. The molecule has 1 aromatic carbocycles. The third-order valence-corrected chi connectivity index (χ3v) is 4.99. The molecular weight excluding hydrogens is 340 g/mol. The molecule has 27 heavy (non-hydrogen) atoms. The van der Waals surface area contributed by atoms with Crippen molar-refractivity contribution in [1.29, 1.82) is 0 Å². The second-order valence-electron chi connectivity index (χ2n) is 6.87. The van der Waals surface area contributed by atoms with Gasteiger partial charge < -0.3 is 14.5 Å². The average Bonchev–Trinajstić information content (AvgIpc) is 2.72. The van der Waals surface area contributed by atoms with Gasteiger partial charge in [-0.2, -0.15) is 0 Å². The minimum absolute atomic E-state index is 0.0259. The molecule has 0 saturated carbocycles. The van der Waals surface area contributed by atoms with Gasteiger partial charge in [0.15, 0.2) is 0 Å². The maximum absolute atomic E-state index is 12.7. The van der Waals surface area contributed by atoms with Crippen molar-refractivity contribution >= 4 is 17.8 Å². The van der Waals surface area contributed by atoms with Gasteiger partial charge in [0, 0.05) is 37.7 Å². The first-order chi connectivity index (χ1) is 13.2. The van der Waals surface area contributed by atoms with Crippen molar-refractivity contribution in [1.82, 2.24) is 14.9 Å². The first kappa shape index (κ1) is 17.7. The Morgan fingerprint density at radius 2 is 1.89 bits per heavy atom. The van der Waals surface area contributed by atoms with Crippen LogP contribution in [0.4, 0.5) is 5.82 Å². The highest BCUT2D eigenvalue weighted by Crippen LogP contribution is 2.27. The number of carbonyl (C=O) groups excluding carboxylic acids is 1. The molecule has 0 radical (unpaired) electrons. The van der Waals surface area contributed by atoms with E-state index in [1.165, 1.54) is 0 Å². The summed E-state index contributed by atoms with van der Waals surface area (Å²) in [4.78, 5) is 26.2. The monoisotopic (exact) mass is 364 g/mol. The highest BCUT2D eigenvalue weighted by molar-refractivity contribution is 5.92. The fraction of sp³-hybridized carbons (Fsp3) is 0.381. The predicted octanol–water partition coefficient (Wildman–Crippen LogP) is 2.22. The number of anilines is 1. The number of benzene rings is 1. The van der Waals surface area contributed by atoms with Crippen molar-refractivity contribution < 1.29 is 9.53 Å². The number of nitrogens with zero attached hydrogens (tertiary/aromatic N) is 4. The molecule has 2 aliphatic rings. The molecule has 0 aliphatic carbocycles. The van der Waals surface area contributed by atoms with E-state index in [2.05, 4.69) is 9.88 Å². The summed E-state index contributed by atoms with van der Waals surface area (Å²) in [6, 6.07) is 9.88. The molecule has 0 atom stereocenters. The zero-order valence-electron chi connectivity index (χ0n) is 15.6. The van der Waals surface area contributed by atoms with Crippen LogP contribution in [0.3, 0.4) is 0 Å². The fourth-order valence-corrected chi connectivity index (χ4v) is 3.58. The van der Waals surface area contributed by atoms with Crippen LogP contribution in [0.25, 0.3) is 6.08 Å². The lowest BCUT2D eigenvalue weighted by molar-refractivity contribution is -0.126. The SMILES string of the molecule is Cc1nc2c(c(N3CCOCC3)n1)CN(C(=O)/C=C/c1ccccc1)CC2. The molecule has 6 nitrogen and oxygen atoms in total. The van der Waals surface area contributed by atoms with Gasteiger partial charge in [-0.1, -0.05) is 30.3 Å². The zero-order valence-corrected chi connectivity index (χ0v) is 15.6. The van der Waals surface area contributed by atoms with E-state index in [9.17, 15) is 4.79 Å². The number of morpholine rings is 1. The van der Waals surface area contributed by atoms with Crippen LogP contribution in [0.15, 0.2) is 36.4 Å². The van der Waals surface area contributed by atoms with Gasteiger partial charge >= 0.3 is 0 Å². The summed E-state index contributed by atoms with van der Waals surface area (Å²) >= 11 is 0.